The first-order chi connectivity index (χ1) is 4.68. The molecule has 0 bridgehead atoms. The number of aliphatic carboxylic acids is 1. The highest BCUT2D eigenvalue weighted by molar-refractivity contribution is 5.86. The fraction of sp³-hybridized carbons (Fsp3) is 0.143. The molecule has 0 saturated heterocycles. The maximum atomic E-state index is 10.1. The van der Waals surface area contributed by atoms with Crippen molar-refractivity contribution in [3.63, 3.8) is 0 Å². The molecule has 0 radical (unpaired) electrons. The van der Waals surface area contributed by atoms with Crippen LogP contribution in [-0.4, -0.2) is 17.8 Å². The third-order valence-electron chi connectivity index (χ3n) is 0.875. The normalized spacial score (nSPS) is 11.9. The van der Waals surface area contributed by atoms with Gasteiger partial charge >= 0.3 is 5.97 Å². The summed E-state index contributed by atoms with van der Waals surface area (Å²) in [5.74, 6) is -0.922. The lowest BCUT2D eigenvalue weighted by Gasteiger charge is -1.85. The smallest absolute Gasteiger partial charge is 0.331 e. The number of nitrogens with zero attached hydrogens (tertiary/aromatic N) is 1. The topological polar surface area (TPSA) is 49.7 Å². The van der Waals surface area contributed by atoms with Crippen LogP contribution in [0.5, 0.6) is 0 Å². The molecule has 0 aromatic carbocycles. The monoisotopic (exact) mass is 139 g/mol. The third kappa shape index (κ3) is 3.60. The summed E-state index contributed by atoms with van der Waals surface area (Å²) in [5.41, 5.74) is 0.278. The summed E-state index contributed by atoms with van der Waals surface area (Å²) >= 11 is 0. The highest BCUT2D eigenvalue weighted by Gasteiger charge is 1.94. The van der Waals surface area contributed by atoms with Gasteiger partial charge in [0.25, 0.3) is 0 Å². The summed E-state index contributed by atoms with van der Waals surface area (Å²) in [5, 5.41) is 8.33. The first kappa shape index (κ1) is 8.62. The molecule has 0 aliphatic rings. The molecule has 1 N–H and O–H groups in total. The number of carbonyl (C=O) groups is 1. The van der Waals surface area contributed by atoms with E-state index in [1.54, 1.807) is 0 Å². The number of allylic oxidation sites excluding steroid dienone is 2. The minimum atomic E-state index is -0.922. The number of carboxylic acid groups (broad SMARTS) is 1. The molecule has 0 saturated carbocycles. The summed E-state index contributed by atoms with van der Waals surface area (Å²) in [7, 11) is 0. The summed E-state index contributed by atoms with van der Waals surface area (Å²) in [6.45, 7) is 4.70. The van der Waals surface area contributed by atoms with Gasteiger partial charge in [-0.3, -0.25) is 4.99 Å². The van der Waals surface area contributed by atoms with Crippen molar-refractivity contribution in [2.24, 2.45) is 4.99 Å². The highest BCUT2D eigenvalue weighted by Crippen LogP contribution is 1.91. The standard InChI is InChI=1S/C7H9NO2/c1-6(7(9)10)4-3-5-8-2/h3-5H,2H2,1H3,(H,9,10)/b5-3-,6-4+. The minimum absolute atomic E-state index is 0.278. The van der Waals surface area contributed by atoms with E-state index in [9.17, 15) is 4.79 Å². The molecule has 10 heavy (non-hydrogen) atoms. The molecule has 0 aromatic heterocycles. The zero-order valence-electron chi connectivity index (χ0n) is 5.74. The zero-order valence-corrected chi connectivity index (χ0v) is 5.74. The number of hydrogen-bond donors (Lipinski definition) is 1. The number of carboxylic acids is 1. The Morgan fingerprint density at radius 3 is 2.70 bits per heavy atom. The lowest BCUT2D eigenvalue weighted by Crippen LogP contribution is -1.94. The second-order valence-corrected chi connectivity index (χ2v) is 1.68. The first-order valence-electron chi connectivity index (χ1n) is 2.71. The van der Waals surface area contributed by atoms with Crippen LogP contribution in [0.2, 0.25) is 0 Å². The van der Waals surface area contributed by atoms with Gasteiger partial charge in [-0.25, -0.2) is 4.79 Å². The van der Waals surface area contributed by atoms with Gasteiger partial charge in [-0.2, -0.15) is 0 Å². The molecule has 0 heterocycles. The molecule has 0 rings (SSSR count). The first-order valence-corrected chi connectivity index (χ1v) is 2.71. The summed E-state index contributed by atoms with van der Waals surface area (Å²) in [4.78, 5) is 13.5. The Morgan fingerprint density at radius 1 is 1.70 bits per heavy atom. The van der Waals surface area contributed by atoms with Gasteiger partial charge < -0.3 is 5.11 Å². The molecule has 3 heteroatoms. The van der Waals surface area contributed by atoms with E-state index in [1.807, 2.05) is 0 Å². The van der Waals surface area contributed by atoms with Gasteiger partial charge in [0.2, 0.25) is 0 Å². The van der Waals surface area contributed by atoms with E-state index in [0.29, 0.717) is 0 Å². The summed E-state index contributed by atoms with van der Waals surface area (Å²) in [6.07, 6.45) is 4.40. The van der Waals surface area contributed by atoms with Crippen molar-refractivity contribution in [2.75, 3.05) is 0 Å². The molecular formula is C7H9NO2. The quantitative estimate of drug-likeness (QED) is 0.363. The maximum absolute atomic E-state index is 10.1. The van der Waals surface area contributed by atoms with E-state index < -0.39 is 5.97 Å². The van der Waals surface area contributed by atoms with Crippen molar-refractivity contribution in [2.45, 2.75) is 6.92 Å². The number of aliphatic imine (C=N–C) groups is 1. The SMILES string of the molecule is C=N/C=C\C=C(/C)C(=O)O. The Hall–Kier alpha value is -1.38. The van der Waals surface area contributed by atoms with Gasteiger partial charge in [0.05, 0.1) is 0 Å². The second kappa shape index (κ2) is 4.49. The molecule has 0 spiro atoms. The fourth-order valence-corrected chi connectivity index (χ4v) is 0.320. The molecule has 0 atom stereocenters. The van der Waals surface area contributed by atoms with Crippen LogP contribution in [0.15, 0.2) is 28.9 Å². The number of rotatable bonds is 3. The van der Waals surface area contributed by atoms with Gasteiger partial charge in [0, 0.05) is 11.8 Å². The van der Waals surface area contributed by atoms with Crippen molar-refractivity contribution >= 4 is 12.7 Å². The van der Waals surface area contributed by atoms with Crippen molar-refractivity contribution in [3.05, 3.63) is 23.9 Å². The highest BCUT2D eigenvalue weighted by atomic mass is 16.4. The summed E-state index contributed by atoms with van der Waals surface area (Å²) < 4.78 is 0. The lowest BCUT2D eigenvalue weighted by atomic mass is 10.3. The molecule has 0 aliphatic carbocycles. The lowest BCUT2D eigenvalue weighted by molar-refractivity contribution is -0.132. The van der Waals surface area contributed by atoms with Gasteiger partial charge in [0.15, 0.2) is 0 Å². The molecule has 0 aliphatic heterocycles. The van der Waals surface area contributed by atoms with Gasteiger partial charge in [0.1, 0.15) is 0 Å². The van der Waals surface area contributed by atoms with Crippen LogP contribution in [0.3, 0.4) is 0 Å². The predicted molar refractivity (Wildman–Crippen MR) is 40.1 cm³/mol. The zero-order chi connectivity index (χ0) is 7.98. The van der Waals surface area contributed by atoms with Crippen LogP contribution in [-0.2, 0) is 4.79 Å². The van der Waals surface area contributed by atoms with E-state index in [1.165, 1.54) is 25.3 Å². The molecule has 54 valence electrons. The molecule has 3 nitrogen and oxygen atoms in total. The Kier molecular flexibility index (Phi) is 3.87. The van der Waals surface area contributed by atoms with E-state index in [2.05, 4.69) is 11.7 Å². The van der Waals surface area contributed by atoms with Crippen molar-refractivity contribution < 1.29 is 9.90 Å². The van der Waals surface area contributed by atoms with E-state index >= 15 is 0 Å². The Balaban J connectivity index is 4.04. The summed E-state index contributed by atoms with van der Waals surface area (Å²) in [6, 6.07) is 0. The van der Waals surface area contributed by atoms with Crippen LogP contribution in [0.1, 0.15) is 6.92 Å². The Labute approximate surface area is 59.4 Å². The number of hydrogen-bond acceptors (Lipinski definition) is 2. The Morgan fingerprint density at radius 2 is 2.30 bits per heavy atom. The van der Waals surface area contributed by atoms with Crippen LogP contribution < -0.4 is 0 Å². The largest absolute Gasteiger partial charge is 0.478 e. The van der Waals surface area contributed by atoms with E-state index in [0.717, 1.165) is 0 Å². The fourth-order valence-electron chi connectivity index (χ4n) is 0.320. The molecular weight excluding hydrogens is 130 g/mol. The molecule has 0 fully saturated rings. The minimum Gasteiger partial charge on any atom is -0.478 e. The van der Waals surface area contributed by atoms with Crippen LogP contribution in [0.25, 0.3) is 0 Å². The average molecular weight is 139 g/mol. The van der Waals surface area contributed by atoms with Crippen LogP contribution in [0.4, 0.5) is 0 Å². The average Bonchev–Trinajstić information content (AvgIpc) is 1.88. The van der Waals surface area contributed by atoms with E-state index in [-0.39, 0.29) is 5.57 Å². The van der Waals surface area contributed by atoms with Gasteiger partial charge in [-0.05, 0) is 19.7 Å². The van der Waals surface area contributed by atoms with Gasteiger partial charge in [-0.15, -0.1) is 0 Å². The van der Waals surface area contributed by atoms with Crippen LogP contribution in [0, 0.1) is 0 Å². The van der Waals surface area contributed by atoms with Crippen molar-refractivity contribution in [1.82, 2.24) is 0 Å². The van der Waals surface area contributed by atoms with E-state index in [4.69, 9.17) is 5.11 Å². The molecule has 0 amide bonds. The second-order valence-electron chi connectivity index (χ2n) is 1.68. The van der Waals surface area contributed by atoms with Crippen molar-refractivity contribution in [3.8, 4) is 0 Å². The molecule has 0 unspecified atom stereocenters. The third-order valence-corrected chi connectivity index (χ3v) is 0.875. The van der Waals surface area contributed by atoms with Crippen molar-refractivity contribution in [1.29, 1.82) is 0 Å². The maximum Gasteiger partial charge on any atom is 0.331 e. The van der Waals surface area contributed by atoms with Crippen LogP contribution >= 0.6 is 0 Å². The van der Waals surface area contributed by atoms with Gasteiger partial charge in [-0.1, -0.05) is 6.08 Å². The Bertz CT molecular complexity index is 192. The predicted octanol–water partition coefficient (Wildman–Crippen LogP) is 1.23. The molecule has 0 aromatic rings.